The van der Waals surface area contributed by atoms with Gasteiger partial charge in [0.25, 0.3) is 0 Å². The first-order valence-corrected chi connectivity index (χ1v) is 7.40. The first kappa shape index (κ1) is 14.9. The van der Waals surface area contributed by atoms with Crippen LogP contribution in [0.4, 0.5) is 0 Å². The van der Waals surface area contributed by atoms with E-state index in [2.05, 4.69) is 17.1 Å². The van der Waals surface area contributed by atoms with Crippen LogP contribution in [-0.2, 0) is 0 Å². The number of unbranched alkanes of at least 4 members (excludes halogenated alkanes) is 3. The van der Waals surface area contributed by atoms with E-state index in [9.17, 15) is 0 Å². The summed E-state index contributed by atoms with van der Waals surface area (Å²) < 4.78 is 0. The molecule has 1 fully saturated rings. The van der Waals surface area contributed by atoms with Crippen molar-refractivity contribution in [3.05, 3.63) is 0 Å². The van der Waals surface area contributed by atoms with E-state index in [0.717, 1.165) is 19.5 Å². The lowest BCUT2D eigenvalue weighted by Gasteiger charge is -2.32. The summed E-state index contributed by atoms with van der Waals surface area (Å²) in [6.45, 7) is 7.52. The van der Waals surface area contributed by atoms with E-state index in [4.69, 9.17) is 5.11 Å². The fraction of sp³-hybridized carbons (Fsp3) is 1.00. The molecular weight excluding hydrogens is 212 g/mol. The van der Waals surface area contributed by atoms with Crippen LogP contribution in [0.2, 0.25) is 0 Å². The van der Waals surface area contributed by atoms with Crippen LogP contribution in [0.1, 0.15) is 51.9 Å². The highest BCUT2D eigenvalue weighted by atomic mass is 16.2. The Kier molecular flexibility index (Phi) is 8.67. The highest BCUT2D eigenvalue weighted by Gasteiger charge is 2.15. The summed E-state index contributed by atoms with van der Waals surface area (Å²) in [5.41, 5.74) is 0. The zero-order chi connectivity index (χ0) is 12.3. The van der Waals surface area contributed by atoms with E-state index >= 15 is 0 Å². The van der Waals surface area contributed by atoms with Crippen molar-refractivity contribution in [2.75, 3.05) is 32.8 Å². The van der Waals surface area contributed by atoms with E-state index < -0.39 is 0 Å². The first-order valence-electron chi connectivity index (χ1n) is 7.40. The van der Waals surface area contributed by atoms with E-state index in [1.165, 1.54) is 51.6 Å². The summed E-state index contributed by atoms with van der Waals surface area (Å²) in [7, 11) is 0. The van der Waals surface area contributed by atoms with Crippen molar-refractivity contribution in [3.63, 3.8) is 0 Å². The highest BCUT2D eigenvalue weighted by molar-refractivity contribution is 4.73. The van der Waals surface area contributed by atoms with Crippen molar-refractivity contribution >= 4 is 0 Å². The molecule has 102 valence electrons. The van der Waals surface area contributed by atoms with Crippen LogP contribution in [0, 0.1) is 0 Å². The Labute approximate surface area is 107 Å². The fourth-order valence-corrected chi connectivity index (χ4v) is 2.51. The summed E-state index contributed by atoms with van der Waals surface area (Å²) in [4.78, 5) is 2.61. The third-order valence-corrected chi connectivity index (χ3v) is 3.72. The van der Waals surface area contributed by atoms with Crippen LogP contribution < -0.4 is 5.32 Å². The number of rotatable bonds is 9. The Morgan fingerprint density at radius 3 is 2.47 bits per heavy atom. The molecule has 0 radical (unpaired) electrons. The van der Waals surface area contributed by atoms with Gasteiger partial charge in [0.05, 0.1) is 0 Å². The van der Waals surface area contributed by atoms with Gasteiger partial charge in [-0.1, -0.05) is 19.3 Å². The number of nitrogens with zero attached hydrogens (tertiary/aromatic N) is 1. The van der Waals surface area contributed by atoms with Gasteiger partial charge in [-0.15, -0.1) is 0 Å². The summed E-state index contributed by atoms with van der Waals surface area (Å²) in [5.74, 6) is 0. The van der Waals surface area contributed by atoms with Crippen LogP contribution in [0.25, 0.3) is 0 Å². The highest BCUT2D eigenvalue weighted by Crippen LogP contribution is 2.11. The standard InChI is InChI=1S/C14H30N2O/c1-14(16-10-6-4-7-11-16)13-15-9-5-2-3-8-12-17/h14-15,17H,2-13H2,1H3. The molecule has 3 heteroatoms. The van der Waals surface area contributed by atoms with Gasteiger partial charge < -0.3 is 10.4 Å². The molecule has 1 aliphatic rings. The molecule has 0 amide bonds. The van der Waals surface area contributed by atoms with Crippen molar-refractivity contribution in [1.29, 1.82) is 0 Å². The van der Waals surface area contributed by atoms with Crippen LogP contribution in [0.3, 0.4) is 0 Å². The van der Waals surface area contributed by atoms with Crippen molar-refractivity contribution < 1.29 is 5.11 Å². The maximum atomic E-state index is 8.66. The molecule has 1 unspecified atom stereocenters. The van der Waals surface area contributed by atoms with Crippen molar-refractivity contribution in [2.45, 2.75) is 57.9 Å². The molecule has 1 saturated heterocycles. The Morgan fingerprint density at radius 1 is 1.06 bits per heavy atom. The molecule has 1 rings (SSSR count). The second-order valence-electron chi connectivity index (χ2n) is 5.29. The Bertz CT molecular complexity index is 170. The van der Waals surface area contributed by atoms with E-state index in [1.54, 1.807) is 0 Å². The van der Waals surface area contributed by atoms with E-state index in [-0.39, 0.29) is 0 Å². The van der Waals surface area contributed by atoms with Gasteiger partial charge >= 0.3 is 0 Å². The lowest BCUT2D eigenvalue weighted by atomic mass is 10.1. The average Bonchev–Trinajstić information content (AvgIpc) is 2.38. The van der Waals surface area contributed by atoms with Gasteiger partial charge in [0.2, 0.25) is 0 Å². The topological polar surface area (TPSA) is 35.5 Å². The van der Waals surface area contributed by atoms with Gasteiger partial charge in [-0.25, -0.2) is 0 Å². The summed E-state index contributed by atoms with van der Waals surface area (Å²) >= 11 is 0. The quantitative estimate of drug-likeness (QED) is 0.607. The lowest BCUT2D eigenvalue weighted by molar-refractivity contribution is 0.171. The minimum atomic E-state index is 0.347. The van der Waals surface area contributed by atoms with Crippen LogP contribution in [0.5, 0.6) is 0 Å². The number of aliphatic hydroxyl groups is 1. The predicted octanol–water partition coefficient (Wildman–Crippen LogP) is 2.00. The van der Waals surface area contributed by atoms with Gasteiger partial charge in [-0.05, 0) is 52.2 Å². The van der Waals surface area contributed by atoms with Crippen molar-refractivity contribution in [1.82, 2.24) is 10.2 Å². The molecule has 0 bridgehead atoms. The zero-order valence-corrected chi connectivity index (χ0v) is 11.5. The average molecular weight is 242 g/mol. The first-order chi connectivity index (χ1) is 8.34. The Balaban J connectivity index is 1.90. The minimum absolute atomic E-state index is 0.347. The molecular formula is C14H30N2O. The number of piperidine rings is 1. The summed E-state index contributed by atoms with van der Waals surface area (Å²) in [6, 6.07) is 0.688. The van der Waals surface area contributed by atoms with Crippen molar-refractivity contribution in [2.24, 2.45) is 0 Å². The van der Waals surface area contributed by atoms with Crippen LogP contribution in [0.15, 0.2) is 0 Å². The fourth-order valence-electron chi connectivity index (χ4n) is 2.51. The second kappa shape index (κ2) is 9.86. The number of aliphatic hydroxyl groups excluding tert-OH is 1. The molecule has 0 aliphatic carbocycles. The van der Waals surface area contributed by atoms with Crippen molar-refractivity contribution in [3.8, 4) is 0 Å². The number of hydrogen-bond donors (Lipinski definition) is 2. The predicted molar refractivity (Wildman–Crippen MR) is 73.3 cm³/mol. The second-order valence-corrected chi connectivity index (χ2v) is 5.29. The minimum Gasteiger partial charge on any atom is -0.396 e. The van der Waals surface area contributed by atoms with Gasteiger partial charge in [-0.2, -0.15) is 0 Å². The summed E-state index contributed by atoms with van der Waals surface area (Å²) in [6.07, 6.45) is 8.79. The molecule has 2 N–H and O–H groups in total. The Hall–Kier alpha value is -0.120. The van der Waals surface area contributed by atoms with Gasteiger partial charge in [0, 0.05) is 19.2 Å². The van der Waals surface area contributed by atoms with Gasteiger partial charge in [0.1, 0.15) is 0 Å². The lowest BCUT2D eigenvalue weighted by Crippen LogP contribution is -2.43. The maximum absolute atomic E-state index is 8.66. The number of nitrogens with one attached hydrogen (secondary N) is 1. The molecule has 0 aromatic carbocycles. The third-order valence-electron chi connectivity index (χ3n) is 3.72. The molecule has 1 atom stereocenters. The smallest absolute Gasteiger partial charge is 0.0431 e. The normalized spacial score (nSPS) is 19.4. The Morgan fingerprint density at radius 2 is 1.76 bits per heavy atom. The maximum Gasteiger partial charge on any atom is 0.0431 e. The number of likely N-dealkylation sites (tertiary alicyclic amines) is 1. The monoisotopic (exact) mass is 242 g/mol. The van der Waals surface area contributed by atoms with Crippen LogP contribution >= 0.6 is 0 Å². The van der Waals surface area contributed by atoms with Gasteiger partial charge in [0.15, 0.2) is 0 Å². The molecule has 0 aromatic heterocycles. The van der Waals surface area contributed by atoms with Gasteiger partial charge in [-0.3, -0.25) is 4.90 Å². The molecule has 17 heavy (non-hydrogen) atoms. The number of hydrogen-bond acceptors (Lipinski definition) is 3. The molecule has 0 spiro atoms. The molecule has 0 aromatic rings. The molecule has 1 heterocycles. The van der Waals surface area contributed by atoms with Crippen LogP contribution in [-0.4, -0.2) is 48.8 Å². The molecule has 0 saturated carbocycles. The SMILES string of the molecule is CC(CNCCCCCCO)N1CCCCC1. The van der Waals surface area contributed by atoms with E-state index in [0.29, 0.717) is 12.6 Å². The zero-order valence-electron chi connectivity index (χ0n) is 11.5. The molecule has 1 aliphatic heterocycles. The molecule has 3 nitrogen and oxygen atoms in total. The third kappa shape index (κ3) is 7.02. The van der Waals surface area contributed by atoms with E-state index in [1.807, 2.05) is 0 Å². The largest absolute Gasteiger partial charge is 0.396 e. The summed E-state index contributed by atoms with van der Waals surface area (Å²) in [5, 5.41) is 12.2.